The molecule has 0 spiro atoms. The van der Waals surface area contributed by atoms with Crippen LogP contribution >= 0.6 is 11.3 Å². The van der Waals surface area contributed by atoms with Crippen LogP contribution in [0.25, 0.3) is 0 Å². The molecule has 4 heteroatoms. The average molecular weight is 180 g/mol. The van der Waals surface area contributed by atoms with Crippen molar-refractivity contribution in [3.05, 3.63) is 22.4 Å². The van der Waals surface area contributed by atoms with Crippen LogP contribution in [0.1, 0.15) is 5.56 Å². The molecule has 0 aromatic carbocycles. The van der Waals surface area contributed by atoms with Crippen molar-refractivity contribution in [1.82, 2.24) is 0 Å². The van der Waals surface area contributed by atoms with E-state index in [4.69, 9.17) is 11.0 Å². The first-order valence-electron chi connectivity index (χ1n) is 3.44. The molecule has 2 N–H and O–H groups in total. The molecule has 0 aliphatic carbocycles. The zero-order chi connectivity index (χ0) is 8.97. The van der Waals surface area contributed by atoms with Crippen molar-refractivity contribution < 1.29 is 4.79 Å². The van der Waals surface area contributed by atoms with Crippen LogP contribution in [0.15, 0.2) is 16.8 Å². The molecule has 1 rings (SSSR count). The topological polar surface area (TPSA) is 66.9 Å². The summed E-state index contributed by atoms with van der Waals surface area (Å²) in [6.07, 6.45) is 0.426. The summed E-state index contributed by atoms with van der Waals surface area (Å²) in [7, 11) is 0. The summed E-state index contributed by atoms with van der Waals surface area (Å²) in [6, 6.07) is 3.76. The van der Waals surface area contributed by atoms with Gasteiger partial charge in [0.05, 0.1) is 6.07 Å². The monoisotopic (exact) mass is 180 g/mol. The number of carbonyl (C=O) groups is 1. The van der Waals surface area contributed by atoms with Crippen LogP contribution in [0.3, 0.4) is 0 Å². The van der Waals surface area contributed by atoms with Gasteiger partial charge in [-0.05, 0) is 28.8 Å². The van der Waals surface area contributed by atoms with Gasteiger partial charge in [0.25, 0.3) is 0 Å². The molecule has 12 heavy (non-hydrogen) atoms. The molecule has 62 valence electrons. The molecule has 1 atom stereocenters. The molecule has 3 nitrogen and oxygen atoms in total. The van der Waals surface area contributed by atoms with Crippen molar-refractivity contribution >= 4 is 17.2 Å². The Bertz CT molecular complexity index is 299. The van der Waals surface area contributed by atoms with Crippen molar-refractivity contribution in [2.45, 2.75) is 6.42 Å². The summed E-state index contributed by atoms with van der Waals surface area (Å²) in [5.74, 6) is -1.25. The van der Waals surface area contributed by atoms with Crippen LogP contribution in [0.4, 0.5) is 0 Å². The Labute approximate surface area is 74.4 Å². The lowest BCUT2D eigenvalue weighted by molar-refractivity contribution is -0.120. The van der Waals surface area contributed by atoms with Gasteiger partial charge in [-0.25, -0.2) is 0 Å². The maximum absolute atomic E-state index is 10.7. The summed E-state index contributed by atoms with van der Waals surface area (Å²) < 4.78 is 0. The van der Waals surface area contributed by atoms with Crippen molar-refractivity contribution in [3.63, 3.8) is 0 Å². The third-order valence-electron chi connectivity index (χ3n) is 1.52. The van der Waals surface area contributed by atoms with Gasteiger partial charge in [0.15, 0.2) is 0 Å². The molecule has 0 bridgehead atoms. The molecule has 1 aromatic heterocycles. The Morgan fingerprint density at radius 1 is 1.83 bits per heavy atom. The number of nitrogens with two attached hydrogens (primary N) is 1. The smallest absolute Gasteiger partial charge is 0.235 e. The van der Waals surface area contributed by atoms with Gasteiger partial charge in [-0.3, -0.25) is 4.79 Å². The molecule has 0 fully saturated rings. The van der Waals surface area contributed by atoms with E-state index in [1.54, 1.807) is 11.3 Å². The fourth-order valence-corrected chi connectivity index (χ4v) is 1.54. The Kier molecular flexibility index (Phi) is 2.83. The first kappa shape index (κ1) is 8.75. The summed E-state index contributed by atoms with van der Waals surface area (Å²) in [5, 5.41) is 12.4. The summed E-state index contributed by atoms with van der Waals surface area (Å²) >= 11 is 1.54. The summed E-state index contributed by atoms with van der Waals surface area (Å²) in [6.45, 7) is 0. The van der Waals surface area contributed by atoms with Gasteiger partial charge < -0.3 is 5.73 Å². The largest absolute Gasteiger partial charge is 0.369 e. The van der Waals surface area contributed by atoms with Gasteiger partial charge in [0.1, 0.15) is 5.92 Å². The standard InChI is InChI=1S/C8H8N2OS/c9-4-7(8(10)11)3-6-1-2-12-5-6/h1-2,5,7H,3H2,(H2,10,11)/t7-/m1/s1. The number of primary amides is 1. The normalized spacial score (nSPS) is 11.9. The number of amides is 1. The van der Waals surface area contributed by atoms with E-state index in [1.165, 1.54) is 0 Å². The SMILES string of the molecule is N#C[C@@H](Cc1ccsc1)C(N)=O. The molecule has 0 saturated carbocycles. The lowest BCUT2D eigenvalue weighted by Crippen LogP contribution is -2.23. The zero-order valence-electron chi connectivity index (χ0n) is 6.36. The van der Waals surface area contributed by atoms with E-state index in [-0.39, 0.29) is 0 Å². The number of carbonyl (C=O) groups excluding carboxylic acids is 1. The van der Waals surface area contributed by atoms with Gasteiger partial charge in [-0.2, -0.15) is 16.6 Å². The number of nitriles is 1. The number of nitrogens with zero attached hydrogens (tertiary/aromatic N) is 1. The van der Waals surface area contributed by atoms with Crippen molar-refractivity contribution in [1.29, 1.82) is 5.26 Å². The van der Waals surface area contributed by atoms with E-state index in [2.05, 4.69) is 0 Å². The minimum Gasteiger partial charge on any atom is -0.369 e. The molecular formula is C8H8N2OS. The third-order valence-corrected chi connectivity index (χ3v) is 2.25. The molecule has 0 aliphatic heterocycles. The van der Waals surface area contributed by atoms with Crippen LogP contribution in [0.2, 0.25) is 0 Å². The minimum atomic E-state index is -0.695. The minimum absolute atomic E-state index is 0.426. The van der Waals surface area contributed by atoms with Gasteiger partial charge in [0.2, 0.25) is 5.91 Å². The Hall–Kier alpha value is -1.34. The molecule has 0 unspecified atom stereocenters. The van der Waals surface area contributed by atoms with E-state index >= 15 is 0 Å². The summed E-state index contributed by atoms with van der Waals surface area (Å²) in [4.78, 5) is 10.7. The van der Waals surface area contributed by atoms with E-state index in [9.17, 15) is 4.79 Å². The molecule has 1 heterocycles. The molecule has 1 amide bonds. The van der Waals surface area contributed by atoms with Gasteiger partial charge in [-0.1, -0.05) is 0 Å². The number of hydrogen-bond acceptors (Lipinski definition) is 3. The second-order valence-electron chi connectivity index (χ2n) is 2.42. The van der Waals surface area contributed by atoms with Crippen LogP contribution in [-0.4, -0.2) is 5.91 Å². The Balaban J connectivity index is 2.62. The van der Waals surface area contributed by atoms with Crippen LogP contribution in [0.5, 0.6) is 0 Å². The molecule has 0 radical (unpaired) electrons. The van der Waals surface area contributed by atoms with E-state index in [0.29, 0.717) is 6.42 Å². The van der Waals surface area contributed by atoms with Crippen LogP contribution < -0.4 is 5.73 Å². The second kappa shape index (κ2) is 3.88. The molecular weight excluding hydrogens is 172 g/mol. The first-order valence-corrected chi connectivity index (χ1v) is 4.38. The number of hydrogen-bond donors (Lipinski definition) is 1. The highest BCUT2D eigenvalue weighted by Gasteiger charge is 2.14. The fourth-order valence-electron chi connectivity index (χ4n) is 0.854. The predicted molar refractivity (Wildman–Crippen MR) is 46.3 cm³/mol. The quantitative estimate of drug-likeness (QED) is 0.751. The second-order valence-corrected chi connectivity index (χ2v) is 3.20. The highest BCUT2D eigenvalue weighted by atomic mass is 32.1. The van der Waals surface area contributed by atoms with Gasteiger partial charge in [0, 0.05) is 0 Å². The average Bonchev–Trinajstić information content (AvgIpc) is 2.51. The summed E-state index contributed by atoms with van der Waals surface area (Å²) in [5.41, 5.74) is 6.00. The third kappa shape index (κ3) is 2.07. The predicted octanol–water partition coefficient (Wildman–Crippen LogP) is 0.916. The maximum Gasteiger partial charge on any atom is 0.235 e. The van der Waals surface area contributed by atoms with Gasteiger partial charge >= 0.3 is 0 Å². The highest BCUT2D eigenvalue weighted by Crippen LogP contribution is 2.11. The van der Waals surface area contributed by atoms with Crippen LogP contribution in [0, 0.1) is 17.2 Å². The van der Waals surface area contributed by atoms with Crippen LogP contribution in [-0.2, 0) is 11.2 Å². The Morgan fingerprint density at radius 2 is 2.58 bits per heavy atom. The fraction of sp³-hybridized carbons (Fsp3) is 0.250. The Morgan fingerprint density at radius 3 is 3.00 bits per heavy atom. The number of rotatable bonds is 3. The molecule has 0 saturated heterocycles. The first-order chi connectivity index (χ1) is 5.74. The molecule has 1 aromatic rings. The lowest BCUT2D eigenvalue weighted by atomic mass is 10.0. The molecule has 0 aliphatic rings. The van der Waals surface area contributed by atoms with Crippen molar-refractivity contribution in [2.24, 2.45) is 11.7 Å². The maximum atomic E-state index is 10.7. The van der Waals surface area contributed by atoms with E-state index in [0.717, 1.165) is 5.56 Å². The van der Waals surface area contributed by atoms with E-state index in [1.807, 2.05) is 22.9 Å². The van der Waals surface area contributed by atoms with Gasteiger partial charge in [-0.15, -0.1) is 0 Å². The highest BCUT2D eigenvalue weighted by molar-refractivity contribution is 7.07. The van der Waals surface area contributed by atoms with Crippen molar-refractivity contribution in [3.8, 4) is 6.07 Å². The zero-order valence-corrected chi connectivity index (χ0v) is 7.17. The van der Waals surface area contributed by atoms with Crippen molar-refractivity contribution in [2.75, 3.05) is 0 Å². The van der Waals surface area contributed by atoms with E-state index < -0.39 is 11.8 Å². The number of thiophene rings is 1. The lowest BCUT2D eigenvalue weighted by Gasteiger charge is -2.00.